The number of aryl methyl sites for hydroxylation is 1. The number of pyridine rings is 2. The van der Waals surface area contributed by atoms with Gasteiger partial charge in [-0.3, -0.25) is 0 Å². The van der Waals surface area contributed by atoms with Crippen LogP contribution in [-0.2, 0) is 6.42 Å². The van der Waals surface area contributed by atoms with Crippen molar-refractivity contribution in [3.05, 3.63) is 139 Å². The van der Waals surface area contributed by atoms with Crippen LogP contribution in [0.1, 0.15) is 35.1 Å². The molecule has 2 nitrogen and oxygen atoms in total. The van der Waals surface area contributed by atoms with Gasteiger partial charge in [-0.25, -0.2) is 4.39 Å². The van der Waals surface area contributed by atoms with Gasteiger partial charge in [0.1, 0.15) is 5.82 Å². The van der Waals surface area contributed by atoms with Gasteiger partial charge >= 0.3 is 0 Å². The van der Waals surface area contributed by atoms with Crippen LogP contribution >= 0.6 is 0 Å². The molecule has 0 N–H and O–H groups in total. The maximum Gasteiger partial charge on any atom is 0.249 e. The Morgan fingerprint density at radius 1 is 0.789 bits per heavy atom. The van der Waals surface area contributed by atoms with E-state index in [0.29, 0.717) is 6.42 Å². The molecule has 0 saturated carbocycles. The van der Waals surface area contributed by atoms with Gasteiger partial charge in [-0.15, -0.1) is 0 Å². The van der Waals surface area contributed by atoms with Crippen molar-refractivity contribution in [2.75, 3.05) is 0 Å². The summed E-state index contributed by atoms with van der Waals surface area (Å²) in [6, 6.07) is 33.2. The normalized spacial score (nSPS) is 17.6. The third-order valence-corrected chi connectivity index (χ3v) is 8.34. The molecule has 0 amide bonds. The zero-order valence-electron chi connectivity index (χ0n) is 21.4. The smallest absolute Gasteiger partial charge is 0.207 e. The summed E-state index contributed by atoms with van der Waals surface area (Å²) < 4.78 is 20.1. The third-order valence-electron chi connectivity index (χ3n) is 8.34. The molecule has 3 aromatic carbocycles. The Labute approximate surface area is 223 Å². The molecule has 0 saturated heterocycles. The van der Waals surface area contributed by atoms with Gasteiger partial charge in [0.15, 0.2) is 12.4 Å². The van der Waals surface area contributed by atoms with E-state index < -0.39 is 0 Å². The molecule has 2 atom stereocenters. The first-order valence-corrected chi connectivity index (χ1v) is 13.3. The summed E-state index contributed by atoms with van der Waals surface area (Å²) in [4.78, 5) is 0. The van der Waals surface area contributed by atoms with Gasteiger partial charge in [0.05, 0.1) is 11.5 Å². The number of nitrogens with zero attached hydrogens (tertiary/aromatic N) is 2. The first-order chi connectivity index (χ1) is 18.6. The molecular weight excluding hydrogens is 467 g/mol. The summed E-state index contributed by atoms with van der Waals surface area (Å²) in [5.41, 5.74) is 10.9. The zero-order valence-corrected chi connectivity index (χ0v) is 21.4. The predicted octanol–water partition coefficient (Wildman–Crippen LogP) is 7.47. The molecule has 0 bridgehead atoms. The van der Waals surface area contributed by atoms with E-state index in [1.807, 2.05) is 12.1 Å². The quantitative estimate of drug-likeness (QED) is 0.213. The van der Waals surface area contributed by atoms with Gasteiger partial charge in [0.2, 0.25) is 23.1 Å². The van der Waals surface area contributed by atoms with Crippen LogP contribution in [0.3, 0.4) is 0 Å². The number of halogens is 1. The van der Waals surface area contributed by atoms with E-state index in [9.17, 15) is 0 Å². The summed E-state index contributed by atoms with van der Waals surface area (Å²) in [5, 5.41) is 0. The van der Waals surface area contributed by atoms with Crippen LogP contribution in [0, 0.1) is 12.7 Å². The highest BCUT2D eigenvalue weighted by Crippen LogP contribution is 2.45. The van der Waals surface area contributed by atoms with Crippen LogP contribution in [0.4, 0.5) is 4.39 Å². The summed E-state index contributed by atoms with van der Waals surface area (Å²) in [6.45, 7) is 6.90. The highest BCUT2D eigenvalue weighted by Gasteiger charge is 2.46. The molecule has 184 valence electrons. The van der Waals surface area contributed by atoms with Crippen LogP contribution in [0.2, 0.25) is 0 Å². The number of benzene rings is 3. The fourth-order valence-corrected chi connectivity index (χ4v) is 6.56. The Bertz CT molecular complexity index is 1720. The van der Waals surface area contributed by atoms with E-state index in [1.54, 1.807) is 6.07 Å². The third kappa shape index (κ3) is 3.46. The fourth-order valence-electron chi connectivity index (χ4n) is 6.56. The van der Waals surface area contributed by atoms with Gasteiger partial charge in [0.25, 0.3) is 0 Å². The van der Waals surface area contributed by atoms with Crippen molar-refractivity contribution in [3.8, 4) is 33.6 Å². The Morgan fingerprint density at radius 3 is 2.42 bits per heavy atom. The maximum atomic E-state index is 15.5. The molecular formula is C35H29FN2+2. The van der Waals surface area contributed by atoms with Gasteiger partial charge < -0.3 is 0 Å². The first-order valence-electron chi connectivity index (χ1n) is 13.3. The zero-order chi connectivity index (χ0) is 25.8. The summed E-state index contributed by atoms with van der Waals surface area (Å²) in [5.74, 6) is 0.0195. The lowest BCUT2D eigenvalue weighted by molar-refractivity contribution is -0.727. The summed E-state index contributed by atoms with van der Waals surface area (Å²) in [7, 11) is 0. The van der Waals surface area contributed by atoms with Crippen molar-refractivity contribution in [2.45, 2.75) is 31.7 Å². The number of allylic oxidation sites excluding steroid dienone is 1. The topological polar surface area (TPSA) is 7.76 Å². The number of hydrogen-bond acceptors (Lipinski definition) is 0. The molecule has 0 radical (unpaired) electrons. The van der Waals surface area contributed by atoms with E-state index in [0.717, 1.165) is 45.6 Å². The second kappa shape index (κ2) is 8.88. The van der Waals surface area contributed by atoms with Crippen molar-refractivity contribution < 1.29 is 13.5 Å². The molecule has 2 aliphatic heterocycles. The van der Waals surface area contributed by atoms with Crippen molar-refractivity contribution in [1.82, 2.24) is 0 Å². The molecule has 7 rings (SSSR count). The molecule has 3 heteroatoms. The fraction of sp³-hybridized carbons (Fsp3) is 0.143. The maximum absolute atomic E-state index is 15.5. The Morgan fingerprint density at radius 2 is 1.55 bits per heavy atom. The minimum atomic E-state index is -0.139. The van der Waals surface area contributed by atoms with E-state index in [4.69, 9.17) is 6.58 Å². The Hall–Kier alpha value is -4.37. The monoisotopic (exact) mass is 496 g/mol. The van der Waals surface area contributed by atoms with Crippen molar-refractivity contribution in [2.24, 2.45) is 0 Å². The number of aromatic nitrogens is 2. The molecule has 2 unspecified atom stereocenters. The van der Waals surface area contributed by atoms with Gasteiger partial charge in [-0.2, -0.15) is 9.13 Å². The average molecular weight is 497 g/mol. The van der Waals surface area contributed by atoms with Crippen molar-refractivity contribution >= 4 is 5.70 Å². The second-order valence-electron chi connectivity index (χ2n) is 10.4. The Kier molecular flexibility index (Phi) is 5.33. The van der Waals surface area contributed by atoms with E-state index in [-0.39, 0.29) is 17.8 Å². The molecule has 38 heavy (non-hydrogen) atoms. The van der Waals surface area contributed by atoms with Crippen LogP contribution in [0.25, 0.3) is 39.3 Å². The highest BCUT2D eigenvalue weighted by molar-refractivity contribution is 5.71. The lowest BCUT2D eigenvalue weighted by atomic mass is 9.78. The van der Waals surface area contributed by atoms with E-state index in [1.165, 1.54) is 16.8 Å². The number of hydrogen-bond donors (Lipinski definition) is 0. The SMILES string of the molecule is C=C1C2C(CCc3c(F)cccc3-c3cc(C)c(-c4ccccc4)c[n+]31)c1ccccc1-c1cccc[n+]12. The minimum Gasteiger partial charge on any atom is -0.207 e. The predicted molar refractivity (Wildman–Crippen MR) is 150 cm³/mol. The number of fused-ring (bicyclic) bond motifs is 9. The lowest BCUT2D eigenvalue weighted by Gasteiger charge is -2.29. The van der Waals surface area contributed by atoms with Gasteiger partial charge in [0, 0.05) is 34.9 Å². The van der Waals surface area contributed by atoms with Gasteiger partial charge in [-0.05, 0) is 67.3 Å². The molecule has 4 heterocycles. The molecule has 2 aromatic heterocycles. The standard InChI is InChI=1S/C35H29FN2/c1-23-21-34-29-15-10-16-32(36)27(29)18-19-30-26-13-6-7-14-28(26)33-17-8-9-20-37(33)35(30)24(2)38(34)22-31(23)25-11-4-3-5-12-25/h3-17,20-22,30,35H,2,18-19H2,1H3/q+2. The molecule has 0 spiro atoms. The Balaban J connectivity index is 1.54. The van der Waals surface area contributed by atoms with Gasteiger partial charge in [-0.1, -0.05) is 54.6 Å². The van der Waals surface area contributed by atoms with E-state index in [2.05, 4.69) is 107 Å². The molecule has 2 aliphatic rings. The highest BCUT2D eigenvalue weighted by atomic mass is 19.1. The van der Waals surface area contributed by atoms with Crippen LogP contribution in [0.15, 0.2) is 116 Å². The average Bonchev–Trinajstić information content (AvgIpc) is 3.00. The summed E-state index contributed by atoms with van der Waals surface area (Å²) >= 11 is 0. The van der Waals surface area contributed by atoms with E-state index >= 15 is 4.39 Å². The van der Waals surface area contributed by atoms with Crippen molar-refractivity contribution in [3.63, 3.8) is 0 Å². The molecule has 5 aromatic rings. The first kappa shape index (κ1) is 22.8. The van der Waals surface area contributed by atoms with Crippen molar-refractivity contribution in [1.29, 1.82) is 0 Å². The lowest BCUT2D eigenvalue weighted by Crippen LogP contribution is -2.53. The largest absolute Gasteiger partial charge is 0.249 e. The minimum absolute atomic E-state index is 0.00597. The summed E-state index contributed by atoms with van der Waals surface area (Å²) in [6.07, 6.45) is 5.87. The second-order valence-corrected chi connectivity index (χ2v) is 10.4. The molecule has 0 fully saturated rings. The van der Waals surface area contributed by atoms with Crippen LogP contribution in [0.5, 0.6) is 0 Å². The van der Waals surface area contributed by atoms with Crippen LogP contribution in [-0.4, -0.2) is 0 Å². The van der Waals surface area contributed by atoms with Crippen LogP contribution < -0.4 is 9.13 Å². The number of rotatable bonds is 1. The molecule has 0 aliphatic carbocycles.